The van der Waals surface area contributed by atoms with E-state index in [9.17, 15) is 4.79 Å². The molecule has 1 aliphatic rings. The lowest BCUT2D eigenvalue weighted by Gasteiger charge is -2.12. The minimum absolute atomic E-state index is 0.223. The summed E-state index contributed by atoms with van der Waals surface area (Å²) in [6.07, 6.45) is 5.16. The fourth-order valence-corrected chi connectivity index (χ4v) is 3.07. The number of ether oxygens (including phenoxy) is 3. The zero-order valence-electron chi connectivity index (χ0n) is 14.9. The molecule has 1 aliphatic heterocycles. The maximum atomic E-state index is 12.1. The number of hydrogen-bond donors (Lipinski definition) is 0. The Morgan fingerprint density at radius 3 is 2.63 bits per heavy atom. The number of carbonyl (C=O) groups excluding carboxylic acids is 1. The Morgan fingerprint density at radius 1 is 1.15 bits per heavy atom. The van der Waals surface area contributed by atoms with E-state index < -0.39 is 5.97 Å². The zero-order chi connectivity index (χ0) is 19.2. The highest BCUT2D eigenvalue weighted by Crippen LogP contribution is 2.37. The van der Waals surface area contributed by atoms with Gasteiger partial charge in [0.25, 0.3) is 0 Å². The summed E-state index contributed by atoms with van der Waals surface area (Å²) < 4.78 is 16.9. The lowest BCUT2D eigenvalue weighted by molar-refractivity contribution is -0.129. The summed E-state index contributed by atoms with van der Waals surface area (Å²) in [5, 5.41) is 0. The molecule has 0 aliphatic carbocycles. The molecular weight excluding hydrogens is 410 g/mol. The zero-order valence-corrected chi connectivity index (χ0v) is 16.5. The predicted molar refractivity (Wildman–Crippen MR) is 109 cm³/mol. The van der Waals surface area contributed by atoms with Crippen molar-refractivity contribution in [2.45, 2.75) is 6.92 Å². The lowest BCUT2D eigenvalue weighted by atomic mass is 10.1. The minimum atomic E-state index is -0.494. The number of nitrogens with zero attached hydrogens (tertiary/aromatic N) is 1. The van der Waals surface area contributed by atoms with Gasteiger partial charge in [-0.1, -0.05) is 30.3 Å². The number of rotatable bonds is 6. The molecule has 0 fully saturated rings. The fourth-order valence-electron chi connectivity index (χ4n) is 2.49. The normalized spacial score (nSPS) is 15.1. The Kier molecular flexibility index (Phi) is 6.08. The SMILES string of the molecule is CCOc1c(Br)cc(/C=C2N=C(/C=C/c3ccccc3)OC/2=O)cc1OC. The Morgan fingerprint density at radius 2 is 1.93 bits per heavy atom. The summed E-state index contributed by atoms with van der Waals surface area (Å²) in [6, 6.07) is 13.3. The van der Waals surface area contributed by atoms with Crippen LogP contribution in [0.1, 0.15) is 18.1 Å². The second kappa shape index (κ2) is 8.68. The summed E-state index contributed by atoms with van der Waals surface area (Å²) in [5.74, 6) is 0.947. The summed E-state index contributed by atoms with van der Waals surface area (Å²) in [4.78, 5) is 16.4. The van der Waals surface area contributed by atoms with E-state index in [1.807, 2.05) is 49.4 Å². The molecule has 0 spiro atoms. The summed E-state index contributed by atoms with van der Waals surface area (Å²) in [6.45, 7) is 2.42. The largest absolute Gasteiger partial charge is 0.493 e. The van der Waals surface area contributed by atoms with E-state index in [4.69, 9.17) is 14.2 Å². The van der Waals surface area contributed by atoms with Crippen molar-refractivity contribution in [1.29, 1.82) is 0 Å². The van der Waals surface area contributed by atoms with Crippen LogP contribution in [0.15, 0.2) is 63.7 Å². The second-order valence-electron chi connectivity index (χ2n) is 5.58. The van der Waals surface area contributed by atoms with Crippen molar-refractivity contribution in [3.8, 4) is 11.5 Å². The molecule has 0 amide bonds. The van der Waals surface area contributed by atoms with Crippen LogP contribution in [-0.2, 0) is 9.53 Å². The first-order valence-corrected chi connectivity index (χ1v) is 9.16. The highest BCUT2D eigenvalue weighted by Gasteiger charge is 2.21. The number of aliphatic imine (C=N–C) groups is 1. The van der Waals surface area contributed by atoms with Gasteiger partial charge in [-0.05, 0) is 58.3 Å². The monoisotopic (exact) mass is 427 g/mol. The van der Waals surface area contributed by atoms with Gasteiger partial charge in [0.2, 0.25) is 5.90 Å². The van der Waals surface area contributed by atoms with Crippen molar-refractivity contribution in [2.75, 3.05) is 13.7 Å². The first kappa shape index (κ1) is 18.9. The second-order valence-corrected chi connectivity index (χ2v) is 6.43. The van der Waals surface area contributed by atoms with Crippen molar-refractivity contribution in [3.05, 3.63) is 69.8 Å². The molecule has 2 aromatic carbocycles. The highest BCUT2D eigenvalue weighted by molar-refractivity contribution is 9.10. The molecule has 0 radical (unpaired) electrons. The van der Waals surface area contributed by atoms with E-state index in [2.05, 4.69) is 20.9 Å². The molecule has 6 heteroatoms. The van der Waals surface area contributed by atoms with Crippen molar-refractivity contribution in [1.82, 2.24) is 0 Å². The van der Waals surface area contributed by atoms with E-state index in [1.54, 1.807) is 25.3 Å². The molecule has 138 valence electrons. The quantitative estimate of drug-likeness (QED) is 0.487. The Labute approximate surface area is 166 Å². The fraction of sp³-hybridized carbons (Fsp3) is 0.143. The van der Waals surface area contributed by atoms with Gasteiger partial charge in [0.15, 0.2) is 17.2 Å². The number of cyclic esters (lactones) is 1. The minimum Gasteiger partial charge on any atom is -0.493 e. The third-order valence-electron chi connectivity index (χ3n) is 3.70. The van der Waals surface area contributed by atoms with Crippen molar-refractivity contribution in [2.24, 2.45) is 4.99 Å². The Balaban J connectivity index is 1.86. The van der Waals surface area contributed by atoms with Crippen LogP contribution in [0.2, 0.25) is 0 Å². The van der Waals surface area contributed by atoms with Gasteiger partial charge in [-0.3, -0.25) is 0 Å². The third kappa shape index (κ3) is 4.65. The van der Waals surface area contributed by atoms with Gasteiger partial charge in [-0.15, -0.1) is 0 Å². The van der Waals surface area contributed by atoms with Gasteiger partial charge in [0, 0.05) is 6.08 Å². The molecule has 0 N–H and O–H groups in total. The van der Waals surface area contributed by atoms with Gasteiger partial charge < -0.3 is 14.2 Å². The average Bonchev–Trinajstić information content (AvgIpc) is 3.02. The molecule has 2 aromatic rings. The highest BCUT2D eigenvalue weighted by atomic mass is 79.9. The van der Waals surface area contributed by atoms with Gasteiger partial charge in [0.1, 0.15) is 0 Å². The first-order valence-electron chi connectivity index (χ1n) is 8.36. The van der Waals surface area contributed by atoms with Crippen LogP contribution in [0.5, 0.6) is 11.5 Å². The summed E-state index contributed by atoms with van der Waals surface area (Å²) >= 11 is 3.47. The topological polar surface area (TPSA) is 57.1 Å². The smallest absolute Gasteiger partial charge is 0.363 e. The standard InChI is InChI=1S/C21H18BrNO4/c1-3-26-20-16(22)11-15(13-18(20)25-2)12-17-21(24)27-19(23-17)10-9-14-7-5-4-6-8-14/h4-13H,3H2,1-2H3/b10-9+,17-12+. The number of benzene rings is 2. The molecular formula is C21H18BrNO4. The van der Waals surface area contributed by atoms with Crippen LogP contribution in [0.4, 0.5) is 0 Å². The maximum Gasteiger partial charge on any atom is 0.363 e. The molecule has 1 heterocycles. The molecule has 0 aromatic heterocycles. The number of carbonyl (C=O) groups is 1. The Hall–Kier alpha value is -2.86. The van der Waals surface area contributed by atoms with Crippen LogP contribution in [-0.4, -0.2) is 25.6 Å². The van der Waals surface area contributed by atoms with E-state index in [0.717, 1.165) is 15.6 Å². The lowest BCUT2D eigenvalue weighted by Crippen LogP contribution is -2.01. The van der Waals surface area contributed by atoms with E-state index >= 15 is 0 Å². The average molecular weight is 428 g/mol. The predicted octanol–water partition coefficient (Wildman–Crippen LogP) is 4.87. The number of hydrogen-bond acceptors (Lipinski definition) is 5. The van der Waals surface area contributed by atoms with Crippen molar-refractivity contribution < 1.29 is 19.0 Å². The van der Waals surface area contributed by atoms with Crippen LogP contribution < -0.4 is 9.47 Å². The van der Waals surface area contributed by atoms with E-state index in [-0.39, 0.29) is 11.6 Å². The van der Waals surface area contributed by atoms with Gasteiger partial charge in [-0.25, -0.2) is 9.79 Å². The maximum absolute atomic E-state index is 12.1. The van der Waals surface area contributed by atoms with Gasteiger partial charge in [0.05, 0.1) is 18.2 Å². The molecule has 0 atom stereocenters. The van der Waals surface area contributed by atoms with E-state index in [0.29, 0.717) is 18.1 Å². The molecule has 0 saturated heterocycles. The molecule has 3 rings (SSSR count). The molecule has 27 heavy (non-hydrogen) atoms. The number of methoxy groups -OCH3 is 1. The van der Waals surface area contributed by atoms with Crippen molar-refractivity contribution in [3.63, 3.8) is 0 Å². The molecule has 0 unspecified atom stereocenters. The Bertz CT molecular complexity index is 933. The number of esters is 1. The van der Waals surface area contributed by atoms with E-state index in [1.165, 1.54) is 0 Å². The summed E-state index contributed by atoms with van der Waals surface area (Å²) in [7, 11) is 1.57. The van der Waals surface area contributed by atoms with Crippen molar-refractivity contribution >= 4 is 39.9 Å². The van der Waals surface area contributed by atoms with Crippen LogP contribution >= 0.6 is 15.9 Å². The van der Waals surface area contributed by atoms with Crippen LogP contribution in [0.25, 0.3) is 12.2 Å². The molecule has 0 saturated carbocycles. The summed E-state index contributed by atoms with van der Waals surface area (Å²) in [5.41, 5.74) is 1.96. The molecule has 0 bridgehead atoms. The first-order chi connectivity index (χ1) is 13.1. The molecule has 5 nitrogen and oxygen atoms in total. The third-order valence-corrected chi connectivity index (χ3v) is 4.29. The van der Waals surface area contributed by atoms with Gasteiger partial charge >= 0.3 is 5.97 Å². The van der Waals surface area contributed by atoms with Crippen LogP contribution in [0.3, 0.4) is 0 Å². The van der Waals surface area contributed by atoms with Crippen LogP contribution in [0, 0.1) is 0 Å². The number of halogens is 1. The van der Waals surface area contributed by atoms with Gasteiger partial charge in [-0.2, -0.15) is 0 Å².